The number of nitrogens with one attached hydrogen (secondary N) is 1. The number of hydrogen-bond donors (Lipinski definition) is 2. The first-order valence-electron chi connectivity index (χ1n) is 8.10. The standard InChI is InChI=1S/C16H30N4O2/c1-5-6-7-8-18-15-14(17)16(22-10-9-21-4)20-13(19-15)11-12(2)3/h12H,5-11,17H2,1-4H3,(H,18,19,20). The summed E-state index contributed by atoms with van der Waals surface area (Å²) in [7, 11) is 1.64. The Balaban J connectivity index is 2.83. The quantitative estimate of drug-likeness (QED) is 0.612. The Morgan fingerprint density at radius 1 is 1.18 bits per heavy atom. The molecule has 0 atom stereocenters. The second-order valence-electron chi connectivity index (χ2n) is 5.78. The third kappa shape index (κ3) is 6.47. The molecule has 1 rings (SSSR count). The molecule has 0 saturated carbocycles. The van der Waals surface area contributed by atoms with E-state index in [9.17, 15) is 0 Å². The summed E-state index contributed by atoms with van der Waals surface area (Å²) in [6, 6.07) is 0. The van der Waals surface area contributed by atoms with Crippen molar-refractivity contribution in [2.75, 3.05) is 37.9 Å². The maximum Gasteiger partial charge on any atom is 0.242 e. The van der Waals surface area contributed by atoms with Gasteiger partial charge < -0.3 is 20.5 Å². The molecule has 0 radical (unpaired) electrons. The van der Waals surface area contributed by atoms with Gasteiger partial charge in [-0.1, -0.05) is 33.6 Å². The minimum absolute atomic E-state index is 0.425. The van der Waals surface area contributed by atoms with Crippen LogP contribution in [0.15, 0.2) is 0 Å². The van der Waals surface area contributed by atoms with Gasteiger partial charge in [0.1, 0.15) is 18.1 Å². The van der Waals surface area contributed by atoms with E-state index in [2.05, 4.69) is 36.1 Å². The Hall–Kier alpha value is -1.56. The number of anilines is 2. The molecule has 0 spiro atoms. The number of aromatic nitrogens is 2. The van der Waals surface area contributed by atoms with E-state index in [1.165, 1.54) is 12.8 Å². The van der Waals surface area contributed by atoms with Crippen molar-refractivity contribution in [3.63, 3.8) is 0 Å². The third-order valence-corrected chi connectivity index (χ3v) is 3.15. The number of unbranched alkanes of at least 4 members (excludes halogenated alkanes) is 2. The molecule has 0 aliphatic carbocycles. The number of nitrogens with two attached hydrogens (primary N) is 1. The lowest BCUT2D eigenvalue weighted by molar-refractivity contribution is 0.144. The molecule has 6 nitrogen and oxygen atoms in total. The number of ether oxygens (including phenoxy) is 2. The zero-order valence-corrected chi connectivity index (χ0v) is 14.3. The molecule has 0 amide bonds. The molecule has 0 aliphatic heterocycles. The molecule has 6 heteroatoms. The largest absolute Gasteiger partial charge is 0.474 e. The molecule has 0 aliphatic rings. The average molecular weight is 310 g/mol. The summed E-state index contributed by atoms with van der Waals surface area (Å²) in [6.07, 6.45) is 4.27. The van der Waals surface area contributed by atoms with Gasteiger partial charge in [-0.2, -0.15) is 4.98 Å². The molecule has 0 bridgehead atoms. The Morgan fingerprint density at radius 2 is 1.95 bits per heavy atom. The van der Waals surface area contributed by atoms with Crippen LogP contribution in [0.4, 0.5) is 11.5 Å². The van der Waals surface area contributed by atoms with Gasteiger partial charge in [-0.15, -0.1) is 0 Å². The lowest BCUT2D eigenvalue weighted by Gasteiger charge is -2.15. The Kier molecular flexibility index (Phi) is 8.58. The normalized spacial score (nSPS) is 11.0. The molecule has 1 heterocycles. The second kappa shape index (κ2) is 10.2. The Morgan fingerprint density at radius 3 is 2.59 bits per heavy atom. The number of nitrogen functional groups attached to an aromatic ring is 1. The summed E-state index contributed by atoms with van der Waals surface area (Å²) < 4.78 is 10.6. The van der Waals surface area contributed by atoms with Crippen molar-refractivity contribution in [2.45, 2.75) is 46.5 Å². The highest BCUT2D eigenvalue weighted by molar-refractivity contribution is 5.66. The highest BCUT2D eigenvalue weighted by Gasteiger charge is 2.14. The van der Waals surface area contributed by atoms with Gasteiger partial charge in [0.2, 0.25) is 5.88 Å². The highest BCUT2D eigenvalue weighted by atomic mass is 16.5. The first kappa shape index (κ1) is 18.5. The van der Waals surface area contributed by atoms with Crippen LogP contribution in [0.5, 0.6) is 5.88 Å². The van der Waals surface area contributed by atoms with E-state index in [1.54, 1.807) is 7.11 Å². The van der Waals surface area contributed by atoms with E-state index in [-0.39, 0.29) is 0 Å². The molecule has 0 aromatic carbocycles. The Bertz CT molecular complexity index is 438. The zero-order chi connectivity index (χ0) is 16.4. The summed E-state index contributed by atoms with van der Waals surface area (Å²) in [4.78, 5) is 8.98. The van der Waals surface area contributed by atoms with Crippen molar-refractivity contribution < 1.29 is 9.47 Å². The maximum absolute atomic E-state index is 6.13. The fourth-order valence-corrected chi connectivity index (χ4v) is 2.00. The number of nitrogens with zero attached hydrogens (tertiary/aromatic N) is 2. The zero-order valence-electron chi connectivity index (χ0n) is 14.3. The van der Waals surface area contributed by atoms with Crippen molar-refractivity contribution in [3.8, 4) is 5.88 Å². The van der Waals surface area contributed by atoms with E-state index in [1.807, 2.05) is 0 Å². The van der Waals surface area contributed by atoms with Crippen LogP contribution in [0.3, 0.4) is 0 Å². The first-order valence-corrected chi connectivity index (χ1v) is 8.10. The van der Waals surface area contributed by atoms with Gasteiger partial charge >= 0.3 is 0 Å². The van der Waals surface area contributed by atoms with Gasteiger partial charge in [0.15, 0.2) is 5.82 Å². The van der Waals surface area contributed by atoms with Crippen molar-refractivity contribution in [2.24, 2.45) is 5.92 Å². The SMILES string of the molecule is CCCCCNc1nc(CC(C)C)nc(OCCOC)c1N. The van der Waals surface area contributed by atoms with Gasteiger partial charge in [-0.05, 0) is 12.3 Å². The molecule has 1 aromatic heterocycles. The number of hydrogen-bond acceptors (Lipinski definition) is 6. The lowest BCUT2D eigenvalue weighted by atomic mass is 10.1. The van der Waals surface area contributed by atoms with Crippen molar-refractivity contribution in [1.82, 2.24) is 9.97 Å². The van der Waals surface area contributed by atoms with Gasteiger partial charge in [0.05, 0.1) is 6.61 Å². The highest BCUT2D eigenvalue weighted by Crippen LogP contribution is 2.27. The molecule has 1 aromatic rings. The molecular weight excluding hydrogens is 280 g/mol. The van der Waals surface area contributed by atoms with Gasteiger partial charge in [0, 0.05) is 20.1 Å². The van der Waals surface area contributed by atoms with Crippen molar-refractivity contribution >= 4 is 11.5 Å². The van der Waals surface area contributed by atoms with Crippen LogP contribution in [0.25, 0.3) is 0 Å². The fraction of sp³-hybridized carbons (Fsp3) is 0.750. The van der Waals surface area contributed by atoms with Crippen LogP contribution >= 0.6 is 0 Å². The topological polar surface area (TPSA) is 82.3 Å². The molecule has 3 N–H and O–H groups in total. The summed E-state index contributed by atoms with van der Waals surface area (Å²) in [5, 5.41) is 3.30. The summed E-state index contributed by atoms with van der Waals surface area (Å²) >= 11 is 0. The van der Waals surface area contributed by atoms with Crippen LogP contribution in [-0.2, 0) is 11.2 Å². The van der Waals surface area contributed by atoms with Crippen molar-refractivity contribution in [1.29, 1.82) is 0 Å². The predicted octanol–water partition coefficient (Wildman–Crippen LogP) is 2.88. The number of methoxy groups -OCH3 is 1. The van der Waals surface area contributed by atoms with Crippen LogP contribution in [0.1, 0.15) is 45.9 Å². The number of rotatable bonds is 11. The molecule has 126 valence electrons. The lowest BCUT2D eigenvalue weighted by Crippen LogP contribution is -2.14. The minimum atomic E-state index is 0.425. The van der Waals surface area contributed by atoms with Crippen LogP contribution in [0.2, 0.25) is 0 Å². The summed E-state index contributed by atoms with van der Waals surface area (Å²) in [5.74, 6) is 2.35. The van der Waals surface area contributed by atoms with Gasteiger partial charge in [-0.25, -0.2) is 4.98 Å². The predicted molar refractivity (Wildman–Crippen MR) is 90.4 cm³/mol. The monoisotopic (exact) mass is 310 g/mol. The van der Waals surface area contributed by atoms with E-state index >= 15 is 0 Å². The Labute approximate surface area is 133 Å². The van der Waals surface area contributed by atoms with Crippen LogP contribution in [-0.4, -0.2) is 36.8 Å². The summed E-state index contributed by atoms with van der Waals surface area (Å²) in [5.41, 5.74) is 6.60. The van der Waals surface area contributed by atoms with Crippen molar-refractivity contribution in [3.05, 3.63) is 5.82 Å². The molecule has 0 saturated heterocycles. The van der Waals surface area contributed by atoms with E-state index < -0.39 is 0 Å². The van der Waals surface area contributed by atoms with E-state index in [0.29, 0.717) is 36.5 Å². The molecular formula is C16H30N4O2. The maximum atomic E-state index is 6.13. The molecule has 0 unspecified atom stereocenters. The summed E-state index contributed by atoms with van der Waals surface area (Å²) in [6.45, 7) is 8.24. The molecule has 22 heavy (non-hydrogen) atoms. The van der Waals surface area contributed by atoms with Gasteiger partial charge in [0.25, 0.3) is 0 Å². The van der Waals surface area contributed by atoms with Gasteiger partial charge in [-0.3, -0.25) is 0 Å². The fourth-order valence-electron chi connectivity index (χ4n) is 2.00. The van der Waals surface area contributed by atoms with Crippen LogP contribution < -0.4 is 15.8 Å². The van der Waals surface area contributed by atoms with E-state index in [0.717, 1.165) is 25.2 Å². The average Bonchev–Trinajstić information content (AvgIpc) is 2.47. The minimum Gasteiger partial charge on any atom is -0.474 e. The second-order valence-corrected chi connectivity index (χ2v) is 5.78. The third-order valence-electron chi connectivity index (χ3n) is 3.15. The smallest absolute Gasteiger partial charge is 0.242 e. The molecule has 0 fully saturated rings. The van der Waals surface area contributed by atoms with Crippen LogP contribution in [0, 0.1) is 5.92 Å². The first-order chi connectivity index (χ1) is 10.6. The van der Waals surface area contributed by atoms with E-state index in [4.69, 9.17) is 15.2 Å².